The Balaban J connectivity index is 1.58. The summed E-state index contributed by atoms with van der Waals surface area (Å²) in [5.41, 5.74) is 2.59. The predicted octanol–water partition coefficient (Wildman–Crippen LogP) is 3.79. The van der Waals surface area contributed by atoms with Gasteiger partial charge in [0.1, 0.15) is 5.75 Å². The van der Waals surface area contributed by atoms with Gasteiger partial charge in [0.2, 0.25) is 0 Å². The van der Waals surface area contributed by atoms with Crippen LogP contribution in [0.3, 0.4) is 0 Å². The maximum absolute atomic E-state index is 12.0. The van der Waals surface area contributed by atoms with Gasteiger partial charge in [0.15, 0.2) is 0 Å². The van der Waals surface area contributed by atoms with Crippen LogP contribution in [0.15, 0.2) is 18.2 Å². The maximum Gasteiger partial charge on any atom is 0.306 e. The Morgan fingerprint density at radius 2 is 2.15 bits per heavy atom. The number of hydrogen-bond acceptors (Lipinski definition) is 4. The molecule has 0 spiro atoms. The molecule has 0 heterocycles. The number of carbonyl (C=O) groups is 1. The van der Waals surface area contributed by atoms with E-state index in [0.717, 1.165) is 32.1 Å². The molecule has 0 amide bonds. The number of aliphatic hydroxyl groups is 1. The summed E-state index contributed by atoms with van der Waals surface area (Å²) in [5.74, 6) is 1.73. The van der Waals surface area contributed by atoms with Crippen LogP contribution >= 0.6 is 0 Å². The van der Waals surface area contributed by atoms with Gasteiger partial charge in [0, 0.05) is 0 Å². The number of benzene rings is 1. The summed E-state index contributed by atoms with van der Waals surface area (Å²) >= 11 is 0. The van der Waals surface area contributed by atoms with E-state index >= 15 is 0 Å². The minimum Gasteiger partial charge on any atom is -0.508 e. The van der Waals surface area contributed by atoms with Crippen molar-refractivity contribution in [3.8, 4) is 5.75 Å². The minimum absolute atomic E-state index is 0.0176. The molecular formula is C22H30O4. The number of fused-ring (bicyclic) bond motifs is 5. The smallest absolute Gasteiger partial charge is 0.306 e. The van der Waals surface area contributed by atoms with Crippen molar-refractivity contribution in [1.29, 1.82) is 0 Å². The van der Waals surface area contributed by atoms with E-state index in [-0.39, 0.29) is 17.3 Å². The number of ether oxygens (including phenoxy) is 1. The molecule has 4 rings (SSSR count). The van der Waals surface area contributed by atoms with E-state index in [9.17, 15) is 15.0 Å². The van der Waals surface area contributed by atoms with Crippen molar-refractivity contribution < 1.29 is 19.7 Å². The van der Waals surface area contributed by atoms with Gasteiger partial charge in [-0.2, -0.15) is 0 Å². The number of carbonyl (C=O) groups excluding carboxylic acids is 1. The quantitative estimate of drug-likeness (QED) is 0.807. The van der Waals surface area contributed by atoms with Crippen LogP contribution in [-0.4, -0.2) is 28.9 Å². The molecule has 0 aliphatic heterocycles. The van der Waals surface area contributed by atoms with E-state index in [1.54, 1.807) is 0 Å². The fourth-order valence-corrected chi connectivity index (χ4v) is 6.35. The standard InChI is InChI=1S/C22H30O4/c1-3-26-20(24)12-14-11-19-18-6-4-13-10-15(23)5-7-16(13)17(18)8-9-22(19,2)21(14)25/h5,7,10,14,17-19,21,23,25H,3-4,6,8-9,11-12H2,1-2H3/t14?,17?,18?,19?,21-,22-/m0/s1. The number of aryl methyl sites for hydroxylation is 1. The third-order valence-corrected chi connectivity index (χ3v) is 7.56. The number of phenolic OH excluding ortho intramolecular Hbond substituents is 1. The molecule has 3 aliphatic rings. The fraction of sp³-hybridized carbons (Fsp3) is 0.682. The molecule has 0 saturated heterocycles. The summed E-state index contributed by atoms with van der Waals surface area (Å²) in [6.45, 7) is 4.46. The molecule has 2 saturated carbocycles. The SMILES string of the molecule is CCOC(=O)CC1CC2C3CCc4cc(O)ccc4C3CC[C@]2(C)[C@H]1O. The molecule has 2 fully saturated rings. The molecule has 1 aromatic rings. The summed E-state index contributed by atoms with van der Waals surface area (Å²) in [6.07, 6.45) is 5.03. The molecular weight excluding hydrogens is 328 g/mol. The lowest BCUT2D eigenvalue weighted by molar-refractivity contribution is -0.145. The second-order valence-corrected chi connectivity index (χ2v) is 8.79. The monoisotopic (exact) mass is 358 g/mol. The number of esters is 1. The topological polar surface area (TPSA) is 66.8 Å². The van der Waals surface area contributed by atoms with Crippen molar-refractivity contribution in [3.63, 3.8) is 0 Å². The van der Waals surface area contributed by atoms with Crippen LogP contribution in [0.4, 0.5) is 0 Å². The number of phenols is 1. The van der Waals surface area contributed by atoms with E-state index in [1.165, 1.54) is 11.1 Å². The van der Waals surface area contributed by atoms with Crippen LogP contribution in [-0.2, 0) is 16.0 Å². The van der Waals surface area contributed by atoms with Gasteiger partial charge in [0.05, 0.1) is 19.1 Å². The van der Waals surface area contributed by atoms with Crippen molar-refractivity contribution in [2.45, 2.75) is 64.4 Å². The molecule has 3 aliphatic carbocycles. The van der Waals surface area contributed by atoms with Crippen LogP contribution in [0.5, 0.6) is 5.75 Å². The molecule has 1 aromatic carbocycles. The molecule has 142 valence electrons. The highest BCUT2D eigenvalue weighted by molar-refractivity contribution is 5.69. The Labute approximate surface area is 155 Å². The van der Waals surface area contributed by atoms with Gasteiger partial charge in [-0.1, -0.05) is 13.0 Å². The summed E-state index contributed by atoms with van der Waals surface area (Å²) in [4.78, 5) is 12.0. The molecule has 26 heavy (non-hydrogen) atoms. The van der Waals surface area contributed by atoms with Gasteiger partial charge in [-0.15, -0.1) is 0 Å². The zero-order valence-corrected chi connectivity index (χ0v) is 15.8. The molecule has 4 nitrogen and oxygen atoms in total. The predicted molar refractivity (Wildman–Crippen MR) is 98.9 cm³/mol. The van der Waals surface area contributed by atoms with E-state index in [0.29, 0.717) is 36.5 Å². The summed E-state index contributed by atoms with van der Waals surface area (Å²) < 4.78 is 5.13. The molecule has 4 unspecified atom stereocenters. The first kappa shape index (κ1) is 17.8. The second kappa shape index (κ2) is 6.56. The number of hydrogen-bond donors (Lipinski definition) is 2. The Hall–Kier alpha value is -1.55. The third kappa shape index (κ3) is 2.74. The lowest BCUT2D eigenvalue weighted by Gasteiger charge is -2.50. The Morgan fingerprint density at radius 3 is 2.92 bits per heavy atom. The average Bonchev–Trinajstić information content (AvgIpc) is 2.86. The normalized spacial score (nSPS) is 38.2. The Kier molecular flexibility index (Phi) is 4.50. The van der Waals surface area contributed by atoms with E-state index in [2.05, 4.69) is 13.0 Å². The van der Waals surface area contributed by atoms with Crippen LogP contribution < -0.4 is 0 Å². The van der Waals surface area contributed by atoms with Gasteiger partial charge in [0.25, 0.3) is 0 Å². The lowest BCUT2D eigenvalue weighted by Crippen LogP contribution is -2.44. The maximum atomic E-state index is 12.0. The van der Waals surface area contributed by atoms with Crippen molar-refractivity contribution in [3.05, 3.63) is 29.3 Å². The summed E-state index contributed by atoms with van der Waals surface area (Å²) in [6, 6.07) is 5.83. The lowest BCUT2D eigenvalue weighted by atomic mass is 9.55. The van der Waals surface area contributed by atoms with E-state index in [4.69, 9.17) is 4.74 Å². The highest BCUT2D eigenvalue weighted by atomic mass is 16.5. The van der Waals surface area contributed by atoms with Crippen LogP contribution in [0.1, 0.15) is 63.0 Å². The first-order chi connectivity index (χ1) is 12.4. The van der Waals surface area contributed by atoms with Gasteiger partial charge in [-0.3, -0.25) is 4.79 Å². The van der Waals surface area contributed by atoms with Gasteiger partial charge in [-0.25, -0.2) is 0 Å². The number of aromatic hydroxyl groups is 1. The minimum atomic E-state index is -0.418. The zero-order valence-electron chi connectivity index (χ0n) is 15.8. The fourth-order valence-electron chi connectivity index (χ4n) is 6.35. The molecule has 6 atom stereocenters. The highest BCUT2D eigenvalue weighted by Gasteiger charge is 2.58. The molecule has 0 aromatic heterocycles. The van der Waals surface area contributed by atoms with Gasteiger partial charge < -0.3 is 14.9 Å². The molecule has 2 N–H and O–H groups in total. The highest BCUT2D eigenvalue weighted by Crippen LogP contribution is 2.62. The summed E-state index contributed by atoms with van der Waals surface area (Å²) in [5, 5.41) is 20.8. The van der Waals surface area contributed by atoms with Crippen molar-refractivity contribution in [2.75, 3.05) is 6.61 Å². The van der Waals surface area contributed by atoms with Crippen molar-refractivity contribution >= 4 is 5.97 Å². The molecule has 4 heteroatoms. The van der Waals surface area contributed by atoms with E-state index < -0.39 is 6.10 Å². The largest absolute Gasteiger partial charge is 0.508 e. The number of rotatable bonds is 3. The molecule has 0 radical (unpaired) electrons. The average molecular weight is 358 g/mol. The van der Waals surface area contributed by atoms with Crippen LogP contribution in [0.25, 0.3) is 0 Å². The first-order valence-electron chi connectivity index (χ1n) is 10.1. The van der Waals surface area contributed by atoms with Gasteiger partial charge in [-0.05, 0) is 91.4 Å². The number of aliphatic hydroxyl groups excluding tert-OH is 1. The van der Waals surface area contributed by atoms with E-state index in [1.807, 2.05) is 19.1 Å². The van der Waals surface area contributed by atoms with Crippen LogP contribution in [0.2, 0.25) is 0 Å². The zero-order chi connectivity index (χ0) is 18.5. The van der Waals surface area contributed by atoms with Crippen molar-refractivity contribution in [1.82, 2.24) is 0 Å². The molecule has 0 bridgehead atoms. The summed E-state index contributed by atoms with van der Waals surface area (Å²) in [7, 11) is 0. The first-order valence-corrected chi connectivity index (χ1v) is 10.1. The third-order valence-electron chi connectivity index (χ3n) is 7.56. The van der Waals surface area contributed by atoms with Crippen LogP contribution in [0, 0.1) is 23.2 Å². The van der Waals surface area contributed by atoms with Crippen molar-refractivity contribution in [2.24, 2.45) is 23.2 Å². The van der Waals surface area contributed by atoms with Gasteiger partial charge >= 0.3 is 5.97 Å². The Morgan fingerprint density at radius 1 is 1.35 bits per heavy atom. The Bertz CT molecular complexity index is 699. The second-order valence-electron chi connectivity index (χ2n) is 8.79.